The zero-order valence-corrected chi connectivity index (χ0v) is 7.60. The molecule has 4 heteroatoms. The van der Waals surface area contributed by atoms with Crippen molar-refractivity contribution in [3.63, 3.8) is 0 Å². The minimum Gasteiger partial charge on any atom is -0.507 e. The van der Waals surface area contributed by atoms with Gasteiger partial charge in [0.25, 0.3) is 0 Å². The van der Waals surface area contributed by atoms with E-state index in [0.29, 0.717) is 5.56 Å². The van der Waals surface area contributed by atoms with Crippen LogP contribution in [0.4, 0.5) is 0 Å². The number of phenols is 1. The maximum atomic E-state index is 11.3. The number of carbonyl (C=O) groups excluding carboxylic acids is 1. The van der Waals surface area contributed by atoms with Crippen LogP contribution in [0.3, 0.4) is 0 Å². The number of aliphatic hydroxyl groups excluding tert-OH is 1. The molecule has 1 aliphatic rings. The highest BCUT2D eigenvalue weighted by Gasteiger charge is 2.35. The van der Waals surface area contributed by atoms with E-state index in [2.05, 4.69) is 0 Å². The van der Waals surface area contributed by atoms with Gasteiger partial charge in [-0.25, -0.2) is 4.79 Å². The number of hydrogen-bond donors (Lipinski definition) is 2. The fourth-order valence-electron chi connectivity index (χ4n) is 1.61. The summed E-state index contributed by atoms with van der Waals surface area (Å²) in [6, 6.07) is 4.70. The molecule has 0 amide bonds. The summed E-state index contributed by atoms with van der Waals surface area (Å²) in [4.78, 5) is 11.3. The molecule has 1 aromatic rings. The summed E-state index contributed by atoms with van der Waals surface area (Å²) in [7, 11) is 0. The van der Waals surface area contributed by atoms with Gasteiger partial charge in [0.1, 0.15) is 11.3 Å². The Kier molecular flexibility index (Phi) is 1.93. The number of rotatable bonds is 1. The van der Waals surface area contributed by atoms with Gasteiger partial charge in [0.15, 0.2) is 6.10 Å². The third-order valence-corrected chi connectivity index (χ3v) is 2.26. The van der Waals surface area contributed by atoms with Gasteiger partial charge in [0, 0.05) is 5.56 Å². The molecule has 1 aliphatic heterocycles. The summed E-state index contributed by atoms with van der Waals surface area (Å²) >= 11 is 0. The van der Waals surface area contributed by atoms with Crippen LogP contribution >= 0.6 is 0 Å². The van der Waals surface area contributed by atoms with Crippen molar-refractivity contribution in [2.45, 2.75) is 19.1 Å². The van der Waals surface area contributed by atoms with E-state index in [9.17, 15) is 15.0 Å². The zero-order chi connectivity index (χ0) is 10.3. The quantitative estimate of drug-likeness (QED) is 0.654. The van der Waals surface area contributed by atoms with Crippen LogP contribution in [0, 0.1) is 0 Å². The smallest absolute Gasteiger partial charge is 0.343 e. The van der Waals surface area contributed by atoms with Crippen molar-refractivity contribution in [3.8, 4) is 5.75 Å². The third-order valence-electron chi connectivity index (χ3n) is 2.26. The van der Waals surface area contributed by atoms with Crippen LogP contribution < -0.4 is 0 Å². The van der Waals surface area contributed by atoms with Crippen molar-refractivity contribution < 1.29 is 19.7 Å². The Morgan fingerprint density at radius 1 is 1.50 bits per heavy atom. The van der Waals surface area contributed by atoms with Crippen LogP contribution in [0.1, 0.15) is 28.9 Å². The summed E-state index contributed by atoms with van der Waals surface area (Å²) in [5.41, 5.74) is 0.711. The largest absolute Gasteiger partial charge is 0.507 e. The number of hydrogen-bond acceptors (Lipinski definition) is 4. The molecule has 2 atom stereocenters. The molecule has 4 nitrogen and oxygen atoms in total. The van der Waals surface area contributed by atoms with Crippen LogP contribution in [0.25, 0.3) is 0 Å². The van der Waals surface area contributed by atoms with E-state index >= 15 is 0 Å². The summed E-state index contributed by atoms with van der Waals surface area (Å²) in [6.07, 6.45) is -1.44. The molecule has 0 fully saturated rings. The predicted molar refractivity (Wildman–Crippen MR) is 47.9 cm³/mol. The Morgan fingerprint density at radius 2 is 2.21 bits per heavy atom. The van der Waals surface area contributed by atoms with Crippen molar-refractivity contribution in [3.05, 3.63) is 29.3 Å². The first-order chi connectivity index (χ1) is 6.61. The molecule has 2 N–H and O–H groups in total. The lowest BCUT2D eigenvalue weighted by Crippen LogP contribution is -2.14. The average molecular weight is 194 g/mol. The van der Waals surface area contributed by atoms with Crippen LogP contribution in [0.2, 0.25) is 0 Å². The van der Waals surface area contributed by atoms with Crippen molar-refractivity contribution >= 4 is 5.97 Å². The molecule has 0 aromatic heterocycles. The predicted octanol–water partition coefficient (Wildman–Crippen LogP) is 0.984. The molecule has 0 saturated carbocycles. The van der Waals surface area contributed by atoms with Crippen LogP contribution in [-0.4, -0.2) is 22.3 Å². The highest BCUT2D eigenvalue weighted by molar-refractivity contribution is 5.96. The maximum Gasteiger partial charge on any atom is 0.343 e. The van der Waals surface area contributed by atoms with Crippen molar-refractivity contribution in [1.82, 2.24) is 0 Å². The fourth-order valence-corrected chi connectivity index (χ4v) is 1.61. The Bertz CT molecular complexity index is 384. The summed E-state index contributed by atoms with van der Waals surface area (Å²) in [5, 5.41) is 18.8. The minimum atomic E-state index is -0.776. The highest BCUT2D eigenvalue weighted by Crippen LogP contribution is 2.37. The van der Waals surface area contributed by atoms with Gasteiger partial charge >= 0.3 is 5.97 Å². The van der Waals surface area contributed by atoms with E-state index in [1.54, 1.807) is 12.1 Å². The number of aliphatic hydroxyl groups is 1. The van der Waals surface area contributed by atoms with E-state index < -0.39 is 18.2 Å². The number of phenolic OH excluding ortho intramolecular Hbond substituents is 1. The first-order valence-electron chi connectivity index (χ1n) is 4.32. The number of aromatic hydroxyl groups is 1. The van der Waals surface area contributed by atoms with E-state index in [1.807, 2.05) is 0 Å². The molecular weight excluding hydrogens is 184 g/mol. The van der Waals surface area contributed by atoms with E-state index in [1.165, 1.54) is 13.0 Å². The van der Waals surface area contributed by atoms with Gasteiger partial charge in [-0.05, 0) is 13.0 Å². The number of ether oxygens (including phenoxy) is 1. The summed E-state index contributed by atoms with van der Waals surface area (Å²) in [5.74, 6) is -0.681. The molecule has 14 heavy (non-hydrogen) atoms. The van der Waals surface area contributed by atoms with E-state index in [-0.39, 0.29) is 11.3 Å². The van der Waals surface area contributed by atoms with Crippen LogP contribution in [0.15, 0.2) is 18.2 Å². The minimum absolute atomic E-state index is 0.101. The zero-order valence-electron chi connectivity index (χ0n) is 7.60. The molecule has 0 bridgehead atoms. The van der Waals surface area contributed by atoms with Gasteiger partial charge < -0.3 is 14.9 Å². The Balaban J connectivity index is 2.55. The van der Waals surface area contributed by atoms with Gasteiger partial charge in [-0.2, -0.15) is 0 Å². The molecule has 0 aliphatic carbocycles. The molecule has 0 unspecified atom stereocenters. The van der Waals surface area contributed by atoms with E-state index in [0.717, 1.165) is 0 Å². The lowest BCUT2D eigenvalue weighted by molar-refractivity contribution is -0.00278. The molecule has 0 saturated heterocycles. The SMILES string of the molecule is C[C@@H](O)[C@@H]1OC(=O)c2c(O)cccc21. The van der Waals surface area contributed by atoms with Gasteiger partial charge in [-0.15, -0.1) is 0 Å². The second kappa shape index (κ2) is 2.99. The van der Waals surface area contributed by atoms with Gasteiger partial charge in [0.2, 0.25) is 0 Å². The van der Waals surface area contributed by atoms with Gasteiger partial charge in [-0.1, -0.05) is 12.1 Å². The molecular formula is C10H10O4. The van der Waals surface area contributed by atoms with Crippen molar-refractivity contribution in [2.75, 3.05) is 0 Å². The number of benzene rings is 1. The molecule has 1 aromatic carbocycles. The number of carbonyl (C=O) groups is 1. The first kappa shape index (κ1) is 9.02. The van der Waals surface area contributed by atoms with Gasteiger partial charge in [-0.3, -0.25) is 0 Å². The molecule has 1 heterocycles. The summed E-state index contributed by atoms with van der Waals surface area (Å²) < 4.78 is 4.93. The second-order valence-corrected chi connectivity index (χ2v) is 3.31. The topological polar surface area (TPSA) is 66.8 Å². The third kappa shape index (κ3) is 1.15. The van der Waals surface area contributed by atoms with E-state index in [4.69, 9.17) is 4.74 Å². The molecule has 0 spiro atoms. The fraction of sp³-hybridized carbons (Fsp3) is 0.300. The molecule has 2 rings (SSSR count). The van der Waals surface area contributed by atoms with Crippen LogP contribution in [0.5, 0.6) is 5.75 Å². The van der Waals surface area contributed by atoms with Crippen LogP contribution in [-0.2, 0) is 4.74 Å². The number of esters is 1. The second-order valence-electron chi connectivity index (χ2n) is 3.31. The summed E-state index contributed by atoms with van der Waals surface area (Å²) in [6.45, 7) is 1.54. The normalized spacial score (nSPS) is 21.6. The van der Waals surface area contributed by atoms with Gasteiger partial charge in [0.05, 0.1) is 6.10 Å². The maximum absolute atomic E-state index is 11.3. The molecule has 74 valence electrons. The number of cyclic esters (lactones) is 1. The Morgan fingerprint density at radius 3 is 2.86 bits per heavy atom. The lowest BCUT2D eigenvalue weighted by Gasteiger charge is -2.12. The first-order valence-corrected chi connectivity index (χ1v) is 4.32. The van der Waals surface area contributed by atoms with Crippen molar-refractivity contribution in [1.29, 1.82) is 0 Å². The lowest BCUT2D eigenvalue weighted by atomic mass is 10.0. The standard InChI is InChI=1S/C10H10O4/c1-5(11)9-6-3-2-4-7(12)8(6)10(13)14-9/h2-5,9,11-12H,1H3/t5-,9+/m1/s1. The number of fused-ring (bicyclic) bond motifs is 1. The monoisotopic (exact) mass is 194 g/mol. The Labute approximate surface area is 80.7 Å². The average Bonchev–Trinajstić information content (AvgIpc) is 2.45. The van der Waals surface area contributed by atoms with Crippen molar-refractivity contribution in [2.24, 2.45) is 0 Å². The Hall–Kier alpha value is -1.55. The highest BCUT2D eigenvalue weighted by atomic mass is 16.6. The molecule has 0 radical (unpaired) electrons.